The van der Waals surface area contributed by atoms with Crippen molar-refractivity contribution in [3.05, 3.63) is 30.3 Å². The average molecular weight is 250 g/mol. The summed E-state index contributed by atoms with van der Waals surface area (Å²) in [4.78, 5) is 0.361. The van der Waals surface area contributed by atoms with Crippen LogP contribution in [0.5, 0.6) is 0 Å². The van der Waals surface area contributed by atoms with Gasteiger partial charge in [0.05, 0.1) is 18.3 Å². The Labute approximate surface area is 103 Å². The van der Waals surface area contributed by atoms with E-state index in [2.05, 4.69) is 43.4 Å². The summed E-state index contributed by atoms with van der Waals surface area (Å²) in [5.74, 6) is 0. The Morgan fingerprint density at radius 3 is 2.50 bits per heavy atom. The van der Waals surface area contributed by atoms with Crippen molar-refractivity contribution in [3.63, 3.8) is 0 Å². The molecule has 1 aliphatic heterocycles. The lowest BCUT2D eigenvalue weighted by Crippen LogP contribution is -2.55. The molecule has 0 aliphatic carbocycles. The molecule has 0 amide bonds. The van der Waals surface area contributed by atoms with Crippen molar-refractivity contribution in [1.82, 2.24) is 0 Å². The van der Waals surface area contributed by atoms with Gasteiger partial charge in [-0.15, -0.1) is 0 Å². The first-order valence-corrected chi connectivity index (χ1v) is 10.7. The summed E-state index contributed by atoms with van der Waals surface area (Å²) in [6, 6.07) is 11.0. The van der Waals surface area contributed by atoms with Gasteiger partial charge in [0, 0.05) is 11.5 Å². The Morgan fingerprint density at radius 2 is 1.94 bits per heavy atom. The zero-order valence-corrected chi connectivity index (χ0v) is 13.0. The van der Waals surface area contributed by atoms with E-state index in [1.165, 1.54) is 19.3 Å². The minimum absolute atomic E-state index is 0.272. The molecule has 0 N–H and O–H groups in total. The van der Waals surface area contributed by atoms with Gasteiger partial charge in [-0.05, 0) is 19.3 Å². The standard InChI is InChI=1S/C13H22OSi2/c1-16(2)13(10-6-7-11-14-13)15-12-8-4-3-5-9-12/h3-5,8-9,16H,6-7,10-11,15H2,1-2H3. The monoisotopic (exact) mass is 250 g/mol. The summed E-state index contributed by atoms with van der Waals surface area (Å²) in [7, 11) is -0.990. The van der Waals surface area contributed by atoms with Gasteiger partial charge in [-0.25, -0.2) is 0 Å². The molecule has 1 unspecified atom stereocenters. The second-order valence-electron chi connectivity index (χ2n) is 5.19. The van der Waals surface area contributed by atoms with Crippen molar-refractivity contribution in [2.75, 3.05) is 6.61 Å². The molecule has 1 aromatic rings. The van der Waals surface area contributed by atoms with Crippen molar-refractivity contribution in [2.24, 2.45) is 0 Å². The van der Waals surface area contributed by atoms with Crippen molar-refractivity contribution < 1.29 is 4.74 Å². The Balaban J connectivity index is 2.14. The maximum atomic E-state index is 6.25. The molecule has 0 bridgehead atoms. The van der Waals surface area contributed by atoms with Crippen molar-refractivity contribution in [2.45, 2.75) is 37.2 Å². The summed E-state index contributed by atoms with van der Waals surface area (Å²) in [6.07, 6.45) is 3.98. The summed E-state index contributed by atoms with van der Waals surface area (Å²) in [5.41, 5.74) is 0. The van der Waals surface area contributed by atoms with Crippen LogP contribution in [0.3, 0.4) is 0 Å². The van der Waals surface area contributed by atoms with Gasteiger partial charge >= 0.3 is 0 Å². The van der Waals surface area contributed by atoms with Gasteiger partial charge in [-0.1, -0.05) is 48.6 Å². The van der Waals surface area contributed by atoms with Gasteiger partial charge in [0.2, 0.25) is 0 Å². The number of hydrogen-bond donors (Lipinski definition) is 0. The fourth-order valence-corrected chi connectivity index (χ4v) is 8.06. The zero-order valence-electron chi connectivity index (χ0n) is 10.4. The van der Waals surface area contributed by atoms with E-state index in [9.17, 15) is 0 Å². The van der Waals surface area contributed by atoms with Crippen LogP contribution in [0.25, 0.3) is 0 Å². The molecule has 0 saturated carbocycles. The van der Waals surface area contributed by atoms with Crippen LogP contribution in [0.2, 0.25) is 13.1 Å². The summed E-state index contributed by atoms with van der Waals surface area (Å²) >= 11 is 0. The molecule has 1 nitrogen and oxygen atoms in total. The maximum absolute atomic E-state index is 6.25. The van der Waals surface area contributed by atoms with Gasteiger partial charge in [0.25, 0.3) is 0 Å². The van der Waals surface area contributed by atoms with Crippen LogP contribution in [-0.4, -0.2) is 29.8 Å². The number of ether oxygens (including phenoxy) is 1. The predicted molar refractivity (Wildman–Crippen MR) is 76.0 cm³/mol. The first kappa shape index (κ1) is 12.1. The van der Waals surface area contributed by atoms with E-state index < -0.39 is 8.80 Å². The molecule has 1 aliphatic rings. The molecular formula is C13H22OSi2. The molecule has 0 radical (unpaired) electrons. The fraction of sp³-hybridized carbons (Fsp3) is 0.538. The maximum Gasteiger partial charge on any atom is 0.0881 e. The molecule has 1 saturated heterocycles. The van der Waals surface area contributed by atoms with Gasteiger partial charge < -0.3 is 4.74 Å². The van der Waals surface area contributed by atoms with Crippen LogP contribution in [0, 0.1) is 0 Å². The highest BCUT2D eigenvalue weighted by Gasteiger charge is 2.37. The van der Waals surface area contributed by atoms with Crippen LogP contribution in [0.4, 0.5) is 0 Å². The minimum Gasteiger partial charge on any atom is -0.382 e. The van der Waals surface area contributed by atoms with Crippen LogP contribution < -0.4 is 5.19 Å². The third-order valence-electron chi connectivity index (χ3n) is 3.78. The van der Waals surface area contributed by atoms with Crippen LogP contribution in [0.1, 0.15) is 19.3 Å². The second-order valence-corrected chi connectivity index (χ2v) is 11.7. The second kappa shape index (κ2) is 5.30. The van der Waals surface area contributed by atoms with E-state index in [1.807, 2.05) is 0 Å². The van der Waals surface area contributed by atoms with Crippen LogP contribution in [-0.2, 0) is 4.74 Å². The van der Waals surface area contributed by atoms with Crippen molar-refractivity contribution >= 4 is 23.5 Å². The molecule has 2 rings (SSSR count). The van der Waals surface area contributed by atoms with E-state index in [0.717, 1.165) is 6.61 Å². The lowest BCUT2D eigenvalue weighted by Gasteiger charge is -2.40. The zero-order chi connectivity index (χ0) is 11.4. The first-order chi connectivity index (χ1) is 7.73. The van der Waals surface area contributed by atoms with Crippen molar-refractivity contribution in [3.8, 4) is 0 Å². The number of hydrogen-bond acceptors (Lipinski definition) is 1. The lowest BCUT2D eigenvalue weighted by molar-refractivity contribution is 0.0320. The number of benzene rings is 1. The molecule has 1 heterocycles. The van der Waals surface area contributed by atoms with Crippen molar-refractivity contribution in [1.29, 1.82) is 0 Å². The van der Waals surface area contributed by atoms with Crippen LogP contribution >= 0.6 is 0 Å². The molecule has 88 valence electrons. The topological polar surface area (TPSA) is 9.23 Å². The lowest BCUT2D eigenvalue weighted by atomic mass is 10.2. The molecule has 1 fully saturated rings. The van der Waals surface area contributed by atoms with Gasteiger partial charge in [-0.3, -0.25) is 0 Å². The third kappa shape index (κ3) is 2.65. The summed E-state index contributed by atoms with van der Waals surface area (Å²) in [6.45, 7) is 5.92. The number of rotatable bonds is 3. The quantitative estimate of drug-likeness (QED) is 0.737. The highest BCUT2D eigenvalue weighted by Crippen LogP contribution is 2.26. The molecule has 0 spiro atoms. The first-order valence-electron chi connectivity index (χ1n) is 6.41. The SMILES string of the molecule is C[SiH](C)C1([SiH2]c2ccccc2)CCCCO1. The van der Waals surface area contributed by atoms with E-state index in [1.54, 1.807) is 5.19 Å². The largest absolute Gasteiger partial charge is 0.382 e. The Morgan fingerprint density at radius 1 is 1.19 bits per heavy atom. The van der Waals surface area contributed by atoms with Gasteiger partial charge in [0.15, 0.2) is 0 Å². The van der Waals surface area contributed by atoms with E-state index in [0.29, 0.717) is 4.85 Å². The van der Waals surface area contributed by atoms with Crippen LogP contribution in [0.15, 0.2) is 30.3 Å². The molecule has 0 aromatic heterocycles. The highest BCUT2D eigenvalue weighted by atomic mass is 28.3. The third-order valence-corrected chi connectivity index (χ3v) is 11.4. The summed E-state index contributed by atoms with van der Waals surface area (Å²) in [5, 5.41) is 1.57. The van der Waals surface area contributed by atoms with E-state index in [-0.39, 0.29) is 9.52 Å². The molecule has 16 heavy (non-hydrogen) atoms. The molecule has 1 aromatic carbocycles. The Hall–Kier alpha value is -0.386. The normalized spacial score (nSPS) is 26.7. The van der Waals surface area contributed by atoms with E-state index in [4.69, 9.17) is 4.74 Å². The minimum atomic E-state index is -0.718. The van der Waals surface area contributed by atoms with Gasteiger partial charge in [-0.2, -0.15) is 0 Å². The summed E-state index contributed by atoms with van der Waals surface area (Å²) < 4.78 is 6.25. The highest BCUT2D eigenvalue weighted by molar-refractivity contribution is 6.78. The molecule has 3 heteroatoms. The smallest absolute Gasteiger partial charge is 0.0881 e. The average Bonchev–Trinajstić information content (AvgIpc) is 2.31. The molecular weight excluding hydrogens is 228 g/mol. The fourth-order valence-electron chi connectivity index (χ4n) is 2.61. The van der Waals surface area contributed by atoms with Gasteiger partial charge in [0.1, 0.15) is 0 Å². The van der Waals surface area contributed by atoms with E-state index >= 15 is 0 Å². The Kier molecular flexibility index (Phi) is 4.00. The Bertz CT molecular complexity index is 318. The predicted octanol–water partition coefficient (Wildman–Crippen LogP) is 1.40. The molecule has 1 atom stereocenters.